The monoisotopic (exact) mass is 136 g/mol. The van der Waals surface area contributed by atoms with Crippen LogP contribution in [-0.2, 0) is 4.79 Å². The lowest BCUT2D eigenvalue weighted by Crippen LogP contribution is -2.06. The summed E-state index contributed by atoms with van der Waals surface area (Å²) in [5.41, 5.74) is 0. The predicted molar refractivity (Wildman–Crippen MR) is 33.5 cm³/mol. The van der Waals surface area contributed by atoms with Crippen molar-refractivity contribution in [3.8, 4) is 0 Å². The summed E-state index contributed by atoms with van der Waals surface area (Å²) < 4.78 is 1.16. The molecule has 0 saturated heterocycles. The molecule has 1 N–H and O–H groups in total. The van der Waals surface area contributed by atoms with Crippen molar-refractivity contribution >= 4 is 12.0 Å². The molecule has 0 saturated carbocycles. The Morgan fingerprint density at radius 2 is 2.60 bits per heavy atom. The van der Waals surface area contributed by atoms with Gasteiger partial charge in [-0.05, 0) is 6.07 Å². The third-order valence-corrected chi connectivity index (χ3v) is 0.873. The number of aromatic nitrogens is 2. The second-order valence-electron chi connectivity index (χ2n) is 1.48. The van der Waals surface area contributed by atoms with E-state index in [4.69, 9.17) is 5.41 Å². The third-order valence-electron chi connectivity index (χ3n) is 0.873. The van der Waals surface area contributed by atoms with E-state index in [1.165, 1.54) is 18.5 Å². The van der Waals surface area contributed by atoms with Crippen LogP contribution in [0.4, 0.5) is 0 Å². The van der Waals surface area contributed by atoms with Gasteiger partial charge in [-0.15, -0.1) is 4.99 Å². The van der Waals surface area contributed by atoms with Gasteiger partial charge in [0.1, 0.15) is 0 Å². The molecule has 5 nitrogen and oxygen atoms in total. The maximum Gasteiger partial charge on any atom is 0.254 e. The lowest BCUT2D eigenvalue weighted by Gasteiger charge is -1.90. The summed E-state index contributed by atoms with van der Waals surface area (Å²) in [5.74, 6) is -0.236. The summed E-state index contributed by atoms with van der Waals surface area (Å²) in [4.78, 5) is 12.7. The average molecular weight is 136 g/mol. The van der Waals surface area contributed by atoms with Crippen LogP contribution in [0.3, 0.4) is 0 Å². The predicted octanol–water partition coefficient (Wildman–Crippen LogP) is 0.00177. The minimum Gasteiger partial charge on any atom is -0.265 e. The molecule has 0 radical (unpaired) electrons. The summed E-state index contributed by atoms with van der Waals surface area (Å²) in [7, 11) is 0. The Morgan fingerprint density at radius 3 is 3.10 bits per heavy atom. The Balaban J connectivity index is 2.87. The van der Waals surface area contributed by atoms with Crippen molar-refractivity contribution in [1.82, 2.24) is 9.78 Å². The van der Waals surface area contributed by atoms with Gasteiger partial charge >= 0.3 is 0 Å². The van der Waals surface area contributed by atoms with Crippen LogP contribution in [0.15, 0.2) is 23.5 Å². The van der Waals surface area contributed by atoms with Crippen LogP contribution < -0.4 is 0 Å². The van der Waals surface area contributed by atoms with Crippen LogP contribution in [0, 0.1) is 5.41 Å². The van der Waals surface area contributed by atoms with E-state index in [9.17, 15) is 4.79 Å². The van der Waals surface area contributed by atoms with Gasteiger partial charge in [-0.3, -0.25) is 5.41 Å². The first-order valence-electron chi connectivity index (χ1n) is 2.51. The molecule has 0 amide bonds. The summed E-state index contributed by atoms with van der Waals surface area (Å²) in [6.45, 7) is 0. The Kier molecular flexibility index (Phi) is 1.72. The second-order valence-corrected chi connectivity index (χ2v) is 1.48. The lowest BCUT2D eigenvalue weighted by molar-refractivity contribution is 0.565. The van der Waals surface area contributed by atoms with E-state index in [0.29, 0.717) is 0 Å². The first-order valence-corrected chi connectivity index (χ1v) is 2.51. The molecule has 0 aliphatic rings. The maximum absolute atomic E-state index is 9.64. The van der Waals surface area contributed by atoms with Gasteiger partial charge in [-0.25, -0.2) is 9.48 Å². The topological polar surface area (TPSA) is 71.1 Å². The highest BCUT2D eigenvalue weighted by Crippen LogP contribution is 1.83. The van der Waals surface area contributed by atoms with E-state index < -0.39 is 0 Å². The molecule has 0 aromatic carbocycles. The molecule has 0 bridgehead atoms. The van der Waals surface area contributed by atoms with Gasteiger partial charge in [0.2, 0.25) is 6.08 Å². The molecule has 50 valence electrons. The van der Waals surface area contributed by atoms with Gasteiger partial charge in [0, 0.05) is 12.4 Å². The number of hydrogen-bond acceptors (Lipinski definition) is 3. The van der Waals surface area contributed by atoms with Crippen molar-refractivity contribution < 1.29 is 4.79 Å². The molecular formula is C5H4N4O. The molecule has 5 heteroatoms. The van der Waals surface area contributed by atoms with E-state index in [-0.39, 0.29) is 5.96 Å². The Hall–Kier alpha value is -1.74. The lowest BCUT2D eigenvalue weighted by atomic mass is 10.7. The molecule has 1 aromatic heterocycles. The largest absolute Gasteiger partial charge is 0.265 e. The van der Waals surface area contributed by atoms with Gasteiger partial charge in [0.15, 0.2) is 0 Å². The van der Waals surface area contributed by atoms with E-state index in [2.05, 4.69) is 10.1 Å². The fraction of sp³-hybridized carbons (Fsp3) is 0. The standard InChI is InChI=1S/C5H4N4O/c6-5(7-4-10)9-3-1-2-8-9/h1-3,6H. The van der Waals surface area contributed by atoms with Crippen molar-refractivity contribution in [2.45, 2.75) is 0 Å². The average Bonchev–Trinajstić information content (AvgIpc) is 2.38. The highest BCUT2D eigenvalue weighted by Gasteiger charge is 1.93. The summed E-state index contributed by atoms with van der Waals surface area (Å²) in [5, 5.41) is 10.7. The molecule has 1 rings (SSSR count). The number of hydrogen-bond donors (Lipinski definition) is 1. The number of rotatable bonds is 0. The van der Waals surface area contributed by atoms with Crippen molar-refractivity contribution in [2.75, 3.05) is 0 Å². The molecule has 10 heavy (non-hydrogen) atoms. The van der Waals surface area contributed by atoms with Gasteiger partial charge < -0.3 is 0 Å². The number of carbonyl (C=O) groups excluding carboxylic acids is 1. The van der Waals surface area contributed by atoms with Crippen LogP contribution in [-0.4, -0.2) is 21.8 Å². The first-order chi connectivity index (χ1) is 4.84. The van der Waals surface area contributed by atoms with E-state index in [1.807, 2.05) is 0 Å². The minimum absolute atomic E-state index is 0.236. The highest BCUT2D eigenvalue weighted by atomic mass is 16.1. The van der Waals surface area contributed by atoms with E-state index in [0.717, 1.165) is 4.68 Å². The summed E-state index contributed by atoms with van der Waals surface area (Å²) in [6, 6.07) is 1.63. The molecule has 0 atom stereocenters. The molecular weight excluding hydrogens is 132 g/mol. The third kappa shape index (κ3) is 1.15. The Morgan fingerprint density at radius 1 is 1.80 bits per heavy atom. The zero-order valence-electron chi connectivity index (χ0n) is 4.98. The Labute approximate surface area is 56.5 Å². The number of nitrogens with one attached hydrogen (secondary N) is 1. The van der Waals surface area contributed by atoms with Crippen molar-refractivity contribution in [3.05, 3.63) is 18.5 Å². The van der Waals surface area contributed by atoms with Gasteiger partial charge in [0.25, 0.3) is 5.96 Å². The summed E-state index contributed by atoms with van der Waals surface area (Å²) >= 11 is 0. The fourth-order valence-corrected chi connectivity index (χ4v) is 0.489. The van der Waals surface area contributed by atoms with E-state index in [1.54, 1.807) is 6.07 Å². The van der Waals surface area contributed by atoms with Crippen LogP contribution in [0.2, 0.25) is 0 Å². The summed E-state index contributed by atoms with van der Waals surface area (Å²) in [6.07, 6.45) is 4.26. The van der Waals surface area contributed by atoms with E-state index >= 15 is 0 Å². The molecule has 0 aliphatic heterocycles. The van der Waals surface area contributed by atoms with Crippen LogP contribution in [0.25, 0.3) is 0 Å². The van der Waals surface area contributed by atoms with Gasteiger partial charge in [-0.2, -0.15) is 5.10 Å². The molecule has 0 spiro atoms. The number of aliphatic imine (C=N–C) groups is 1. The van der Waals surface area contributed by atoms with Crippen molar-refractivity contribution in [2.24, 2.45) is 4.99 Å². The van der Waals surface area contributed by atoms with Crippen LogP contribution in [0.1, 0.15) is 0 Å². The normalized spacial score (nSPS) is 8.40. The molecule has 1 aromatic rings. The molecule has 0 fully saturated rings. The number of nitrogens with zero attached hydrogens (tertiary/aromatic N) is 3. The van der Waals surface area contributed by atoms with Crippen LogP contribution in [0.5, 0.6) is 0 Å². The quantitative estimate of drug-likeness (QED) is 0.310. The zero-order chi connectivity index (χ0) is 7.40. The second kappa shape index (κ2) is 2.70. The molecule has 0 aliphatic carbocycles. The van der Waals surface area contributed by atoms with Crippen LogP contribution >= 0.6 is 0 Å². The van der Waals surface area contributed by atoms with Gasteiger partial charge in [-0.1, -0.05) is 0 Å². The highest BCUT2D eigenvalue weighted by molar-refractivity contribution is 5.83. The van der Waals surface area contributed by atoms with Crippen molar-refractivity contribution in [1.29, 1.82) is 5.41 Å². The SMILES string of the molecule is N=C(N=C=O)n1cccn1. The maximum atomic E-state index is 9.64. The number of isocyanates is 1. The fourth-order valence-electron chi connectivity index (χ4n) is 0.489. The smallest absolute Gasteiger partial charge is 0.254 e. The zero-order valence-corrected chi connectivity index (χ0v) is 4.98. The van der Waals surface area contributed by atoms with Crippen molar-refractivity contribution in [3.63, 3.8) is 0 Å². The Bertz CT molecular complexity index is 270. The molecule has 0 unspecified atom stereocenters. The van der Waals surface area contributed by atoms with Gasteiger partial charge in [0.05, 0.1) is 0 Å². The minimum atomic E-state index is -0.236. The molecule has 1 heterocycles. The first kappa shape index (κ1) is 6.38.